The van der Waals surface area contributed by atoms with Crippen LogP contribution in [0.4, 0.5) is 0 Å². The van der Waals surface area contributed by atoms with E-state index in [1.165, 1.54) is 11.1 Å². The Morgan fingerprint density at radius 2 is 1.66 bits per heavy atom. The lowest BCUT2D eigenvalue weighted by molar-refractivity contribution is -0.126. The SMILES string of the molecule is CC(CNC(=O)C(C)N1CCN(Cc2csc(-c3ccccc3)n2)CC1)c1ccccc1. The predicted molar refractivity (Wildman–Crippen MR) is 132 cm³/mol. The summed E-state index contributed by atoms with van der Waals surface area (Å²) in [5.41, 5.74) is 3.56. The third-order valence-corrected chi connectivity index (χ3v) is 7.18. The number of rotatable bonds is 8. The fraction of sp³-hybridized carbons (Fsp3) is 0.385. The number of carbonyl (C=O) groups is 1. The molecule has 1 amide bonds. The third-order valence-electron chi connectivity index (χ3n) is 6.24. The van der Waals surface area contributed by atoms with Crippen molar-refractivity contribution in [3.8, 4) is 10.6 Å². The second-order valence-electron chi connectivity index (χ2n) is 8.55. The smallest absolute Gasteiger partial charge is 0.237 e. The Hall–Kier alpha value is -2.54. The molecule has 2 atom stereocenters. The summed E-state index contributed by atoms with van der Waals surface area (Å²) in [5.74, 6) is 0.427. The molecule has 5 nitrogen and oxygen atoms in total. The van der Waals surface area contributed by atoms with Crippen LogP contribution in [0.5, 0.6) is 0 Å². The Kier molecular flexibility index (Phi) is 7.68. The van der Waals surface area contributed by atoms with Gasteiger partial charge in [0.25, 0.3) is 0 Å². The highest BCUT2D eigenvalue weighted by Gasteiger charge is 2.26. The molecule has 0 aliphatic carbocycles. The number of piperazine rings is 1. The molecule has 0 spiro atoms. The van der Waals surface area contributed by atoms with E-state index in [0.29, 0.717) is 12.5 Å². The Morgan fingerprint density at radius 1 is 1.00 bits per heavy atom. The van der Waals surface area contributed by atoms with Crippen LogP contribution in [0.25, 0.3) is 10.6 Å². The fourth-order valence-electron chi connectivity index (χ4n) is 4.10. The highest BCUT2D eigenvalue weighted by molar-refractivity contribution is 7.13. The van der Waals surface area contributed by atoms with Gasteiger partial charge in [-0.05, 0) is 18.4 Å². The molecular weight excluding hydrogens is 416 g/mol. The summed E-state index contributed by atoms with van der Waals surface area (Å²) in [6, 6.07) is 20.6. The maximum Gasteiger partial charge on any atom is 0.237 e. The van der Waals surface area contributed by atoms with Crippen LogP contribution in [0.2, 0.25) is 0 Å². The lowest BCUT2D eigenvalue weighted by atomic mass is 10.0. The van der Waals surface area contributed by atoms with E-state index in [1.54, 1.807) is 11.3 Å². The van der Waals surface area contributed by atoms with Gasteiger partial charge in [-0.1, -0.05) is 67.6 Å². The highest BCUT2D eigenvalue weighted by atomic mass is 32.1. The number of nitrogens with one attached hydrogen (secondary N) is 1. The fourth-order valence-corrected chi connectivity index (χ4v) is 4.91. The van der Waals surface area contributed by atoms with E-state index in [0.717, 1.165) is 43.4 Å². The maximum absolute atomic E-state index is 12.7. The number of aromatic nitrogens is 1. The van der Waals surface area contributed by atoms with Gasteiger partial charge in [0.1, 0.15) is 5.01 Å². The van der Waals surface area contributed by atoms with Gasteiger partial charge in [-0.3, -0.25) is 14.6 Å². The largest absolute Gasteiger partial charge is 0.354 e. The summed E-state index contributed by atoms with van der Waals surface area (Å²) in [7, 11) is 0. The van der Waals surface area contributed by atoms with E-state index < -0.39 is 0 Å². The molecule has 168 valence electrons. The van der Waals surface area contributed by atoms with Crippen molar-refractivity contribution in [3.05, 3.63) is 77.3 Å². The van der Waals surface area contributed by atoms with Crippen molar-refractivity contribution in [3.63, 3.8) is 0 Å². The zero-order chi connectivity index (χ0) is 22.3. The molecule has 1 aliphatic rings. The Labute approximate surface area is 195 Å². The molecule has 2 aromatic carbocycles. The lowest BCUT2D eigenvalue weighted by Gasteiger charge is -2.37. The molecule has 2 unspecified atom stereocenters. The van der Waals surface area contributed by atoms with Gasteiger partial charge in [-0.15, -0.1) is 11.3 Å². The molecule has 0 saturated carbocycles. The first-order chi connectivity index (χ1) is 15.6. The second kappa shape index (κ2) is 10.9. The van der Waals surface area contributed by atoms with E-state index in [9.17, 15) is 4.79 Å². The van der Waals surface area contributed by atoms with Crippen LogP contribution in [-0.4, -0.2) is 59.5 Å². The summed E-state index contributed by atoms with van der Waals surface area (Å²) >= 11 is 1.71. The van der Waals surface area contributed by atoms with Gasteiger partial charge in [0.2, 0.25) is 5.91 Å². The summed E-state index contributed by atoms with van der Waals surface area (Å²) in [6.07, 6.45) is 0. The van der Waals surface area contributed by atoms with Crippen molar-refractivity contribution in [1.82, 2.24) is 20.1 Å². The zero-order valence-corrected chi connectivity index (χ0v) is 19.7. The van der Waals surface area contributed by atoms with E-state index in [1.807, 2.05) is 31.2 Å². The number of thiazole rings is 1. The minimum Gasteiger partial charge on any atom is -0.354 e. The second-order valence-corrected chi connectivity index (χ2v) is 9.41. The van der Waals surface area contributed by atoms with Crippen LogP contribution in [0, 0.1) is 0 Å². The maximum atomic E-state index is 12.7. The monoisotopic (exact) mass is 448 g/mol. The summed E-state index contributed by atoms with van der Waals surface area (Å²) in [4.78, 5) is 22.3. The van der Waals surface area contributed by atoms with Crippen LogP contribution in [0.1, 0.15) is 31.0 Å². The average molecular weight is 449 g/mol. The molecule has 1 aromatic heterocycles. The van der Waals surface area contributed by atoms with Crippen LogP contribution in [0.15, 0.2) is 66.0 Å². The molecule has 1 fully saturated rings. The number of hydrogen-bond donors (Lipinski definition) is 1. The van der Waals surface area contributed by atoms with E-state index in [4.69, 9.17) is 4.98 Å². The minimum atomic E-state index is -0.107. The third kappa shape index (κ3) is 5.82. The molecule has 2 heterocycles. The van der Waals surface area contributed by atoms with Crippen molar-refractivity contribution in [1.29, 1.82) is 0 Å². The molecule has 6 heteroatoms. The molecule has 4 rings (SSSR count). The van der Waals surface area contributed by atoms with Crippen LogP contribution >= 0.6 is 11.3 Å². The number of amides is 1. The topological polar surface area (TPSA) is 48.5 Å². The van der Waals surface area contributed by atoms with Crippen LogP contribution in [-0.2, 0) is 11.3 Å². The number of nitrogens with zero attached hydrogens (tertiary/aromatic N) is 3. The van der Waals surface area contributed by atoms with Gasteiger partial charge in [-0.2, -0.15) is 0 Å². The normalized spacial score (nSPS) is 17.1. The number of carbonyl (C=O) groups excluding carboxylic acids is 1. The molecule has 3 aromatic rings. The van der Waals surface area contributed by atoms with Crippen molar-refractivity contribution < 1.29 is 4.79 Å². The van der Waals surface area contributed by atoms with Gasteiger partial charge < -0.3 is 5.32 Å². The summed E-state index contributed by atoms with van der Waals surface area (Å²) < 4.78 is 0. The average Bonchev–Trinajstić information content (AvgIpc) is 3.32. The van der Waals surface area contributed by atoms with Gasteiger partial charge in [-0.25, -0.2) is 4.98 Å². The highest BCUT2D eigenvalue weighted by Crippen LogP contribution is 2.24. The molecule has 1 aliphatic heterocycles. The Bertz CT molecular complexity index is 983. The van der Waals surface area contributed by atoms with Crippen LogP contribution in [0.3, 0.4) is 0 Å². The van der Waals surface area contributed by atoms with E-state index in [2.05, 4.69) is 63.8 Å². The zero-order valence-electron chi connectivity index (χ0n) is 18.9. The van der Waals surface area contributed by atoms with Gasteiger partial charge in [0, 0.05) is 50.2 Å². The van der Waals surface area contributed by atoms with Crippen molar-refractivity contribution in [2.24, 2.45) is 0 Å². The summed E-state index contributed by atoms with van der Waals surface area (Å²) in [6.45, 7) is 9.42. The standard InChI is InChI=1S/C26H32N4OS/c1-20(22-9-5-3-6-10-22)17-27-25(31)21(2)30-15-13-29(14-16-30)18-24-19-32-26(28-24)23-11-7-4-8-12-23/h3-12,19-21H,13-18H2,1-2H3,(H,27,31). The minimum absolute atomic E-state index is 0.107. The Morgan fingerprint density at radius 3 is 2.34 bits per heavy atom. The molecule has 32 heavy (non-hydrogen) atoms. The van der Waals surface area contributed by atoms with Gasteiger partial charge in [0.15, 0.2) is 0 Å². The molecule has 1 N–H and O–H groups in total. The quantitative estimate of drug-likeness (QED) is 0.560. The summed E-state index contributed by atoms with van der Waals surface area (Å²) in [5, 5.41) is 6.39. The molecule has 1 saturated heterocycles. The molecule has 0 bridgehead atoms. The van der Waals surface area contributed by atoms with E-state index >= 15 is 0 Å². The first kappa shape index (κ1) is 22.6. The number of hydrogen-bond acceptors (Lipinski definition) is 5. The first-order valence-electron chi connectivity index (χ1n) is 11.4. The van der Waals surface area contributed by atoms with Crippen molar-refractivity contribution in [2.45, 2.75) is 32.4 Å². The van der Waals surface area contributed by atoms with Crippen molar-refractivity contribution >= 4 is 17.2 Å². The molecular formula is C26H32N4OS. The molecule has 0 radical (unpaired) electrons. The Balaban J connectivity index is 1.22. The van der Waals surface area contributed by atoms with Crippen LogP contribution < -0.4 is 5.32 Å². The van der Waals surface area contributed by atoms with Crippen molar-refractivity contribution in [2.75, 3.05) is 32.7 Å². The van der Waals surface area contributed by atoms with Gasteiger partial charge >= 0.3 is 0 Å². The number of benzene rings is 2. The van der Waals surface area contributed by atoms with Gasteiger partial charge in [0.05, 0.1) is 11.7 Å². The lowest BCUT2D eigenvalue weighted by Crippen LogP contribution is -2.53. The van der Waals surface area contributed by atoms with E-state index in [-0.39, 0.29) is 11.9 Å². The first-order valence-corrected chi connectivity index (χ1v) is 12.3. The predicted octanol–water partition coefficient (Wildman–Crippen LogP) is 4.24.